The van der Waals surface area contributed by atoms with Gasteiger partial charge in [-0.3, -0.25) is 0 Å². The molecular weight excluding hydrogens is 234 g/mol. The highest BCUT2D eigenvalue weighted by Gasteiger charge is 2.52. The molecule has 0 spiro atoms. The molecule has 1 heterocycles. The van der Waals surface area contributed by atoms with Crippen LogP contribution >= 0.6 is 0 Å². The van der Waals surface area contributed by atoms with E-state index in [4.69, 9.17) is 10.7 Å². The Kier molecular flexibility index (Phi) is 2.73. The molecule has 0 atom stereocenters. The molecule has 0 aliphatic heterocycles. The Morgan fingerprint density at radius 2 is 1.79 bits per heavy atom. The summed E-state index contributed by atoms with van der Waals surface area (Å²) in [5, 5.41) is 0. The van der Waals surface area contributed by atoms with Gasteiger partial charge in [0.05, 0.1) is 12.0 Å². The minimum absolute atomic E-state index is 0.447. The molecule has 0 saturated heterocycles. The van der Waals surface area contributed by atoms with Crippen LogP contribution in [-0.4, -0.2) is 16.1 Å². The number of hydrogen-bond donors (Lipinski definition) is 1. The maximum absolute atomic E-state index is 5.60. The number of rotatable bonds is 4. The standard InChI is InChI=1S/C16H25N3/c17-2-1-3-19-10-15(18-11-19)16-7-12-4-13(8-16)6-14(5-12)9-16/h10-14H,1-9,17H2. The fraction of sp³-hybridized carbons (Fsp3) is 0.812. The predicted octanol–water partition coefficient (Wildman–Crippen LogP) is 2.70. The van der Waals surface area contributed by atoms with E-state index in [-0.39, 0.29) is 0 Å². The van der Waals surface area contributed by atoms with Gasteiger partial charge in [-0.05, 0) is 69.2 Å². The molecule has 4 fully saturated rings. The molecule has 4 aliphatic carbocycles. The molecule has 5 rings (SSSR count). The average molecular weight is 259 g/mol. The van der Waals surface area contributed by atoms with E-state index in [1.54, 1.807) is 0 Å². The number of nitrogens with zero attached hydrogens (tertiary/aromatic N) is 2. The molecule has 104 valence electrons. The van der Waals surface area contributed by atoms with Crippen LogP contribution in [0.2, 0.25) is 0 Å². The molecule has 0 aromatic carbocycles. The lowest BCUT2D eigenvalue weighted by Gasteiger charge is -2.56. The predicted molar refractivity (Wildman–Crippen MR) is 75.7 cm³/mol. The molecule has 4 aliphatic rings. The average Bonchev–Trinajstić information content (AvgIpc) is 2.84. The van der Waals surface area contributed by atoms with Crippen LogP contribution in [0.3, 0.4) is 0 Å². The summed E-state index contributed by atoms with van der Waals surface area (Å²) in [6, 6.07) is 0. The van der Waals surface area contributed by atoms with Crippen molar-refractivity contribution in [2.75, 3.05) is 6.54 Å². The largest absolute Gasteiger partial charge is 0.337 e. The van der Waals surface area contributed by atoms with E-state index in [2.05, 4.69) is 10.8 Å². The molecule has 3 heteroatoms. The number of imidazole rings is 1. The Hall–Kier alpha value is -0.830. The van der Waals surface area contributed by atoms with E-state index in [1.165, 1.54) is 44.2 Å². The zero-order valence-corrected chi connectivity index (χ0v) is 11.7. The molecule has 1 aromatic heterocycles. The van der Waals surface area contributed by atoms with Crippen molar-refractivity contribution in [2.24, 2.45) is 23.5 Å². The van der Waals surface area contributed by atoms with Crippen molar-refractivity contribution in [3.63, 3.8) is 0 Å². The molecular formula is C16H25N3. The SMILES string of the molecule is NCCCn1cnc(C23CC4CC(CC(C4)C2)C3)c1. The molecule has 0 unspecified atom stereocenters. The maximum atomic E-state index is 5.60. The quantitative estimate of drug-likeness (QED) is 0.903. The molecule has 1 aromatic rings. The van der Waals surface area contributed by atoms with Gasteiger partial charge in [0.1, 0.15) is 0 Å². The van der Waals surface area contributed by atoms with Gasteiger partial charge in [0.25, 0.3) is 0 Å². The van der Waals surface area contributed by atoms with E-state index >= 15 is 0 Å². The first-order valence-electron chi connectivity index (χ1n) is 8.00. The Bertz CT molecular complexity index is 427. The third-order valence-electron chi connectivity index (χ3n) is 5.84. The molecule has 2 N–H and O–H groups in total. The number of hydrogen-bond acceptors (Lipinski definition) is 2. The summed E-state index contributed by atoms with van der Waals surface area (Å²) in [7, 11) is 0. The van der Waals surface area contributed by atoms with Gasteiger partial charge in [-0.1, -0.05) is 0 Å². The first kappa shape index (κ1) is 12.0. The Morgan fingerprint density at radius 1 is 1.16 bits per heavy atom. The molecule has 4 saturated carbocycles. The lowest BCUT2D eigenvalue weighted by molar-refractivity contribution is -0.00706. The van der Waals surface area contributed by atoms with E-state index in [0.717, 1.165) is 37.3 Å². The van der Waals surface area contributed by atoms with Gasteiger partial charge < -0.3 is 10.3 Å². The van der Waals surface area contributed by atoms with Crippen molar-refractivity contribution in [2.45, 2.75) is 56.9 Å². The van der Waals surface area contributed by atoms with Gasteiger partial charge in [0.15, 0.2) is 0 Å². The second kappa shape index (κ2) is 4.34. The first-order chi connectivity index (χ1) is 9.27. The summed E-state index contributed by atoms with van der Waals surface area (Å²) >= 11 is 0. The topological polar surface area (TPSA) is 43.8 Å². The van der Waals surface area contributed by atoms with Gasteiger partial charge in [0.2, 0.25) is 0 Å². The molecule has 0 radical (unpaired) electrons. The van der Waals surface area contributed by atoms with Crippen LogP contribution in [0.1, 0.15) is 50.6 Å². The van der Waals surface area contributed by atoms with Gasteiger partial charge in [0, 0.05) is 18.2 Å². The van der Waals surface area contributed by atoms with Crippen molar-refractivity contribution in [1.82, 2.24) is 9.55 Å². The first-order valence-corrected chi connectivity index (χ1v) is 8.00. The third-order valence-corrected chi connectivity index (χ3v) is 5.84. The fourth-order valence-electron chi connectivity index (χ4n) is 5.45. The summed E-state index contributed by atoms with van der Waals surface area (Å²) in [6.07, 6.45) is 14.2. The van der Waals surface area contributed by atoms with Crippen LogP contribution in [0.4, 0.5) is 0 Å². The van der Waals surface area contributed by atoms with E-state index in [1.807, 2.05) is 6.33 Å². The number of aryl methyl sites for hydroxylation is 1. The molecule has 0 amide bonds. The number of nitrogens with two attached hydrogens (primary N) is 1. The zero-order chi connectivity index (χ0) is 12.9. The van der Waals surface area contributed by atoms with Gasteiger partial charge in [-0.25, -0.2) is 4.98 Å². The minimum Gasteiger partial charge on any atom is -0.337 e. The minimum atomic E-state index is 0.447. The van der Waals surface area contributed by atoms with Gasteiger partial charge in [-0.15, -0.1) is 0 Å². The Balaban J connectivity index is 1.59. The molecule has 4 bridgehead atoms. The normalized spacial score (nSPS) is 39.9. The highest BCUT2D eigenvalue weighted by Crippen LogP contribution is 2.60. The summed E-state index contributed by atoms with van der Waals surface area (Å²) in [6.45, 7) is 1.79. The molecule has 19 heavy (non-hydrogen) atoms. The second-order valence-corrected chi connectivity index (χ2v) is 7.34. The van der Waals surface area contributed by atoms with E-state index in [9.17, 15) is 0 Å². The van der Waals surface area contributed by atoms with Crippen LogP contribution in [-0.2, 0) is 12.0 Å². The highest BCUT2D eigenvalue weighted by atomic mass is 15.0. The van der Waals surface area contributed by atoms with Crippen molar-refractivity contribution in [1.29, 1.82) is 0 Å². The van der Waals surface area contributed by atoms with Crippen molar-refractivity contribution in [3.05, 3.63) is 18.2 Å². The monoisotopic (exact) mass is 259 g/mol. The van der Waals surface area contributed by atoms with Crippen LogP contribution < -0.4 is 5.73 Å². The summed E-state index contributed by atoms with van der Waals surface area (Å²) < 4.78 is 2.25. The van der Waals surface area contributed by atoms with Crippen LogP contribution in [0.15, 0.2) is 12.5 Å². The van der Waals surface area contributed by atoms with E-state index < -0.39 is 0 Å². The summed E-state index contributed by atoms with van der Waals surface area (Å²) in [4.78, 5) is 4.78. The third kappa shape index (κ3) is 1.94. The maximum Gasteiger partial charge on any atom is 0.0949 e. The van der Waals surface area contributed by atoms with Crippen LogP contribution in [0.25, 0.3) is 0 Å². The van der Waals surface area contributed by atoms with Crippen molar-refractivity contribution in [3.8, 4) is 0 Å². The lowest BCUT2D eigenvalue weighted by Crippen LogP contribution is -2.48. The lowest BCUT2D eigenvalue weighted by atomic mass is 9.49. The van der Waals surface area contributed by atoms with Crippen molar-refractivity contribution >= 4 is 0 Å². The van der Waals surface area contributed by atoms with Gasteiger partial charge in [-0.2, -0.15) is 0 Å². The second-order valence-electron chi connectivity index (χ2n) is 7.34. The summed E-state index contributed by atoms with van der Waals surface area (Å²) in [5.41, 5.74) is 7.44. The summed E-state index contributed by atoms with van der Waals surface area (Å²) in [5.74, 6) is 3.00. The van der Waals surface area contributed by atoms with Crippen LogP contribution in [0.5, 0.6) is 0 Å². The zero-order valence-electron chi connectivity index (χ0n) is 11.7. The Morgan fingerprint density at radius 3 is 2.37 bits per heavy atom. The Labute approximate surface area is 115 Å². The van der Waals surface area contributed by atoms with Crippen LogP contribution in [0, 0.1) is 17.8 Å². The van der Waals surface area contributed by atoms with Gasteiger partial charge >= 0.3 is 0 Å². The van der Waals surface area contributed by atoms with Crippen molar-refractivity contribution < 1.29 is 0 Å². The highest BCUT2D eigenvalue weighted by molar-refractivity contribution is 5.21. The molecule has 3 nitrogen and oxygen atoms in total. The number of aromatic nitrogens is 2. The van der Waals surface area contributed by atoms with E-state index in [0.29, 0.717) is 5.41 Å². The smallest absolute Gasteiger partial charge is 0.0949 e. The fourth-order valence-corrected chi connectivity index (χ4v) is 5.45.